The third-order valence-electron chi connectivity index (χ3n) is 5.61. The van der Waals surface area contributed by atoms with E-state index in [1.54, 1.807) is 0 Å². The molecule has 2 aromatic rings. The number of aliphatic hydroxyl groups excluding tert-OH is 3. The van der Waals surface area contributed by atoms with Gasteiger partial charge in [0.15, 0.2) is 12.2 Å². The lowest BCUT2D eigenvalue weighted by atomic mass is 9.81. The first kappa shape index (κ1) is 19.5. The largest absolute Gasteiger partial charge is 0.455 e. The SMILES string of the molecule is Cc1ccc(C(c2ccc(C)c(C)c2)[C@H](O)[C@H]2OC(=O)[C@@H](O)[C@H]2O)cc1C. The Labute approximate surface area is 159 Å². The molecule has 144 valence electrons. The Kier molecular flexibility index (Phi) is 5.38. The Balaban J connectivity index is 2.07. The maximum atomic E-state index is 11.6. The molecular weight excluding hydrogens is 344 g/mol. The third kappa shape index (κ3) is 3.63. The second-order valence-electron chi connectivity index (χ2n) is 7.49. The van der Waals surface area contributed by atoms with E-state index in [-0.39, 0.29) is 0 Å². The second-order valence-corrected chi connectivity index (χ2v) is 7.49. The molecule has 1 saturated heterocycles. The van der Waals surface area contributed by atoms with Gasteiger partial charge in [-0.2, -0.15) is 0 Å². The van der Waals surface area contributed by atoms with Crippen molar-refractivity contribution in [1.82, 2.24) is 0 Å². The van der Waals surface area contributed by atoms with Crippen molar-refractivity contribution in [2.45, 2.75) is 58.0 Å². The van der Waals surface area contributed by atoms with E-state index in [1.165, 1.54) is 0 Å². The van der Waals surface area contributed by atoms with Crippen LogP contribution in [-0.2, 0) is 9.53 Å². The van der Waals surface area contributed by atoms with Crippen LogP contribution in [0, 0.1) is 27.7 Å². The first-order chi connectivity index (χ1) is 12.7. The molecule has 0 saturated carbocycles. The minimum Gasteiger partial charge on any atom is -0.455 e. The lowest BCUT2D eigenvalue weighted by Gasteiger charge is -2.29. The fourth-order valence-electron chi connectivity index (χ4n) is 3.56. The number of carbonyl (C=O) groups is 1. The van der Waals surface area contributed by atoms with Gasteiger partial charge in [-0.15, -0.1) is 0 Å². The number of benzene rings is 2. The Hall–Kier alpha value is -2.21. The summed E-state index contributed by atoms with van der Waals surface area (Å²) in [7, 11) is 0. The number of aliphatic hydroxyl groups is 3. The van der Waals surface area contributed by atoms with Gasteiger partial charge >= 0.3 is 5.97 Å². The van der Waals surface area contributed by atoms with Crippen LogP contribution >= 0.6 is 0 Å². The maximum absolute atomic E-state index is 11.6. The van der Waals surface area contributed by atoms with Crippen LogP contribution in [0.15, 0.2) is 36.4 Å². The van der Waals surface area contributed by atoms with E-state index in [2.05, 4.69) is 0 Å². The summed E-state index contributed by atoms with van der Waals surface area (Å²) in [6.07, 6.45) is -5.50. The minimum absolute atomic E-state index is 0.513. The molecule has 1 heterocycles. The smallest absolute Gasteiger partial charge is 0.338 e. The van der Waals surface area contributed by atoms with Gasteiger partial charge in [0, 0.05) is 5.92 Å². The van der Waals surface area contributed by atoms with Crippen molar-refractivity contribution >= 4 is 5.97 Å². The molecule has 0 amide bonds. The molecule has 0 aromatic heterocycles. The molecule has 0 radical (unpaired) electrons. The average molecular weight is 370 g/mol. The number of carbonyl (C=O) groups excluding carboxylic acids is 1. The van der Waals surface area contributed by atoms with E-state index >= 15 is 0 Å². The zero-order valence-electron chi connectivity index (χ0n) is 16.0. The summed E-state index contributed by atoms with van der Waals surface area (Å²) in [6.45, 7) is 8.02. The molecule has 3 rings (SSSR count). The number of esters is 1. The predicted molar refractivity (Wildman–Crippen MR) is 102 cm³/mol. The van der Waals surface area contributed by atoms with Gasteiger partial charge in [0.1, 0.15) is 12.2 Å². The molecule has 0 bridgehead atoms. The van der Waals surface area contributed by atoms with Gasteiger partial charge < -0.3 is 20.1 Å². The van der Waals surface area contributed by atoms with Crippen molar-refractivity contribution in [3.05, 3.63) is 69.8 Å². The zero-order valence-corrected chi connectivity index (χ0v) is 16.0. The van der Waals surface area contributed by atoms with Gasteiger partial charge in [-0.25, -0.2) is 4.79 Å². The van der Waals surface area contributed by atoms with Crippen LogP contribution in [-0.4, -0.2) is 45.7 Å². The normalized spacial score (nSPS) is 23.6. The summed E-state index contributed by atoms with van der Waals surface area (Å²) in [4.78, 5) is 11.6. The lowest BCUT2D eigenvalue weighted by molar-refractivity contribution is -0.150. The van der Waals surface area contributed by atoms with Gasteiger partial charge in [0.2, 0.25) is 0 Å². The van der Waals surface area contributed by atoms with E-state index in [4.69, 9.17) is 4.74 Å². The molecule has 2 aromatic carbocycles. The topological polar surface area (TPSA) is 87.0 Å². The molecule has 3 N–H and O–H groups in total. The molecule has 1 fully saturated rings. The van der Waals surface area contributed by atoms with Crippen LogP contribution in [0.25, 0.3) is 0 Å². The highest BCUT2D eigenvalue weighted by atomic mass is 16.6. The van der Waals surface area contributed by atoms with E-state index in [9.17, 15) is 20.1 Å². The first-order valence-electron chi connectivity index (χ1n) is 9.09. The van der Waals surface area contributed by atoms with Crippen molar-refractivity contribution in [3.8, 4) is 0 Å². The van der Waals surface area contributed by atoms with E-state index in [0.717, 1.165) is 33.4 Å². The summed E-state index contributed by atoms with van der Waals surface area (Å²) in [5.41, 5.74) is 6.15. The Morgan fingerprint density at radius 2 is 1.33 bits per heavy atom. The molecule has 5 nitrogen and oxygen atoms in total. The number of aryl methyl sites for hydroxylation is 4. The summed E-state index contributed by atoms with van der Waals surface area (Å²) in [6, 6.07) is 11.8. The molecule has 1 aliphatic heterocycles. The molecule has 4 atom stereocenters. The van der Waals surface area contributed by atoms with Crippen LogP contribution in [0.5, 0.6) is 0 Å². The summed E-state index contributed by atoms with van der Waals surface area (Å²) in [5.74, 6) is -1.42. The van der Waals surface area contributed by atoms with Crippen molar-refractivity contribution in [2.75, 3.05) is 0 Å². The molecule has 27 heavy (non-hydrogen) atoms. The molecular formula is C22H26O5. The predicted octanol–water partition coefficient (Wildman–Crippen LogP) is 2.06. The first-order valence-corrected chi connectivity index (χ1v) is 9.09. The van der Waals surface area contributed by atoms with Gasteiger partial charge in [0.25, 0.3) is 0 Å². The van der Waals surface area contributed by atoms with Gasteiger partial charge in [0.05, 0.1) is 0 Å². The van der Waals surface area contributed by atoms with Gasteiger partial charge in [-0.1, -0.05) is 36.4 Å². The number of cyclic esters (lactones) is 1. The van der Waals surface area contributed by atoms with E-state index in [1.807, 2.05) is 64.1 Å². The van der Waals surface area contributed by atoms with Gasteiger partial charge in [-0.3, -0.25) is 0 Å². The summed E-state index contributed by atoms with van der Waals surface area (Å²) < 4.78 is 5.09. The minimum atomic E-state index is -1.63. The van der Waals surface area contributed by atoms with Gasteiger partial charge in [-0.05, 0) is 61.1 Å². The fraction of sp³-hybridized carbons (Fsp3) is 0.409. The quantitative estimate of drug-likeness (QED) is 0.717. The monoisotopic (exact) mass is 370 g/mol. The highest BCUT2D eigenvalue weighted by molar-refractivity contribution is 5.77. The summed E-state index contributed by atoms with van der Waals surface area (Å²) in [5, 5.41) is 31.0. The number of hydrogen-bond donors (Lipinski definition) is 3. The Morgan fingerprint density at radius 3 is 1.70 bits per heavy atom. The maximum Gasteiger partial charge on any atom is 0.338 e. The van der Waals surface area contributed by atoms with Crippen LogP contribution < -0.4 is 0 Å². The average Bonchev–Trinajstić information content (AvgIpc) is 2.88. The molecule has 5 heteroatoms. The van der Waals surface area contributed by atoms with Crippen molar-refractivity contribution in [3.63, 3.8) is 0 Å². The van der Waals surface area contributed by atoms with Crippen molar-refractivity contribution in [1.29, 1.82) is 0 Å². The van der Waals surface area contributed by atoms with E-state index < -0.39 is 36.3 Å². The molecule has 0 spiro atoms. The molecule has 1 aliphatic rings. The van der Waals surface area contributed by atoms with E-state index in [0.29, 0.717) is 0 Å². The Bertz CT molecular complexity index is 808. The highest BCUT2D eigenvalue weighted by Gasteiger charge is 2.48. The number of rotatable bonds is 4. The standard InChI is InChI=1S/C22H26O5/c1-11-5-7-15(9-13(11)3)17(16-8-6-12(2)14(4)10-16)18(23)21-19(24)20(25)22(26)27-21/h5-10,17-21,23-25H,1-4H3/t18-,19+,20-,21+/m0/s1. The Morgan fingerprint density at radius 1 is 0.852 bits per heavy atom. The van der Waals surface area contributed by atoms with Crippen LogP contribution in [0.3, 0.4) is 0 Å². The second kappa shape index (κ2) is 7.43. The lowest BCUT2D eigenvalue weighted by Crippen LogP contribution is -2.42. The van der Waals surface area contributed by atoms with Crippen LogP contribution in [0.2, 0.25) is 0 Å². The zero-order chi connectivity index (χ0) is 19.9. The fourth-order valence-corrected chi connectivity index (χ4v) is 3.56. The van der Waals surface area contributed by atoms with Crippen molar-refractivity contribution < 1.29 is 24.9 Å². The van der Waals surface area contributed by atoms with Crippen molar-refractivity contribution in [2.24, 2.45) is 0 Å². The van der Waals surface area contributed by atoms with Crippen LogP contribution in [0.4, 0.5) is 0 Å². The highest BCUT2D eigenvalue weighted by Crippen LogP contribution is 2.35. The molecule has 0 aliphatic carbocycles. The summed E-state index contributed by atoms with van der Waals surface area (Å²) >= 11 is 0. The number of hydrogen-bond acceptors (Lipinski definition) is 5. The molecule has 0 unspecified atom stereocenters. The third-order valence-corrected chi connectivity index (χ3v) is 5.61. The van der Waals surface area contributed by atoms with Crippen LogP contribution in [0.1, 0.15) is 39.3 Å². The number of ether oxygens (including phenoxy) is 1.